The van der Waals surface area contributed by atoms with Crippen molar-refractivity contribution in [3.8, 4) is 0 Å². The molecule has 1 rings (SSSR count). The number of aryl methyl sites for hydroxylation is 1. The minimum Gasteiger partial charge on any atom is -0.345 e. The first-order valence-corrected chi connectivity index (χ1v) is 6.26. The van der Waals surface area contributed by atoms with Crippen LogP contribution in [0.3, 0.4) is 0 Å². The second-order valence-electron chi connectivity index (χ2n) is 4.60. The third-order valence-corrected chi connectivity index (χ3v) is 3.57. The van der Waals surface area contributed by atoms with Crippen molar-refractivity contribution in [1.82, 2.24) is 5.32 Å². The standard InChI is InChI=1S/C14H21FN2O/c1-4-14(5-2,9-16)17-13(18)12-8-11(15)7-6-10(12)3/h6-8H,4-5,9,16H2,1-3H3,(H,17,18). The number of amides is 1. The lowest BCUT2D eigenvalue weighted by atomic mass is 9.92. The Hall–Kier alpha value is -1.42. The molecule has 0 heterocycles. The zero-order valence-electron chi connectivity index (χ0n) is 11.2. The highest BCUT2D eigenvalue weighted by Crippen LogP contribution is 2.16. The molecule has 3 N–H and O–H groups in total. The normalized spacial score (nSPS) is 11.4. The van der Waals surface area contributed by atoms with Crippen molar-refractivity contribution in [2.24, 2.45) is 5.73 Å². The number of hydrogen-bond acceptors (Lipinski definition) is 2. The molecule has 0 spiro atoms. The van der Waals surface area contributed by atoms with Crippen molar-refractivity contribution in [2.75, 3.05) is 6.54 Å². The summed E-state index contributed by atoms with van der Waals surface area (Å²) in [5.74, 6) is -0.668. The zero-order chi connectivity index (χ0) is 13.8. The van der Waals surface area contributed by atoms with Gasteiger partial charge in [0, 0.05) is 12.1 Å². The first-order valence-electron chi connectivity index (χ1n) is 6.26. The number of nitrogens with one attached hydrogen (secondary N) is 1. The SMILES string of the molecule is CCC(CC)(CN)NC(=O)c1cc(F)ccc1C. The summed E-state index contributed by atoms with van der Waals surface area (Å²) >= 11 is 0. The van der Waals surface area contributed by atoms with E-state index in [0.29, 0.717) is 12.1 Å². The topological polar surface area (TPSA) is 55.1 Å². The fourth-order valence-electron chi connectivity index (χ4n) is 1.91. The van der Waals surface area contributed by atoms with Gasteiger partial charge in [0.15, 0.2) is 0 Å². The lowest BCUT2D eigenvalue weighted by Crippen LogP contribution is -2.53. The smallest absolute Gasteiger partial charge is 0.252 e. The van der Waals surface area contributed by atoms with Gasteiger partial charge in [-0.15, -0.1) is 0 Å². The summed E-state index contributed by atoms with van der Waals surface area (Å²) in [6, 6.07) is 4.21. The van der Waals surface area contributed by atoms with Crippen LogP contribution in [0, 0.1) is 12.7 Å². The van der Waals surface area contributed by atoms with Crippen LogP contribution in [0.1, 0.15) is 42.6 Å². The van der Waals surface area contributed by atoms with Crippen molar-refractivity contribution in [3.63, 3.8) is 0 Å². The molecule has 0 bridgehead atoms. The van der Waals surface area contributed by atoms with Gasteiger partial charge in [-0.25, -0.2) is 4.39 Å². The third-order valence-electron chi connectivity index (χ3n) is 3.57. The molecule has 0 saturated heterocycles. The summed E-state index contributed by atoms with van der Waals surface area (Å²) in [7, 11) is 0. The molecular weight excluding hydrogens is 231 g/mol. The zero-order valence-corrected chi connectivity index (χ0v) is 11.2. The van der Waals surface area contributed by atoms with Crippen LogP contribution in [0.15, 0.2) is 18.2 Å². The van der Waals surface area contributed by atoms with E-state index in [9.17, 15) is 9.18 Å². The number of rotatable bonds is 5. The lowest BCUT2D eigenvalue weighted by Gasteiger charge is -2.31. The molecule has 0 aliphatic heterocycles. The predicted octanol–water partition coefficient (Wildman–Crippen LogP) is 2.38. The van der Waals surface area contributed by atoms with Crippen molar-refractivity contribution in [2.45, 2.75) is 39.2 Å². The number of carbonyl (C=O) groups is 1. The molecule has 100 valence electrons. The third kappa shape index (κ3) is 3.07. The first kappa shape index (κ1) is 14.6. The molecule has 0 aliphatic rings. The second-order valence-corrected chi connectivity index (χ2v) is 4.60. The lowest BCUT2D eigenvalue weighted by molar-refractivity contribution is 0.0894. The maximum absolute atomic E-state index is 13.2. The van der Waals surface area contributed by atoms with E-state index >= 15 is 0 Å². The van der Waals surface area contributed by atoms with Crippen LogP contribution in [-0.2, 0) is 0 Å². The van der Waals surface area contributed by atoms with Gasteiger partial charge in [0.1, 0.15) is 5.82 Å². The summed E-state index contributed by atoms with van der Waals surface area (Å²) in [5, 5.41) is 2.93. The average Bonchev–Trinajstić information content (AvgIpc) is 2.38. The largest absolute Gasteiger partial charge is 0.345 e. The summed E-state index contributed by atoms with van der Waals surface area (Å²) in [4.78, 5) is 12.2. The number of hydrogen-bond donors (Lipinski definition) is 2. The van der Waals surface area contributed by atoms with Crippen molar-refractivity contribution >= 4 is 5.91 Å². The highest BCUT2D eigenvalue weighted by Gasteiger charge is 2.27. The molecular formula is C14H21FN2O. The molecule has 0 fully saturated rings. The molecule has 3 nitrogen and oxygen atoms in total. The van der Waals surface area contributed by atoms with Crippen LogP contribution >= 0.6 is 0 Å². The Morgan fingerprint density at radius 3 is 2.50 bits per heavy atom. The van der Waals surface area contributed by atoms with Crippen LogP contribution in [0.5, 0.6) is 0 Å². The highest BCUT2D eigenvalue weighted by atomic mass is 19.1. The van der Waals surface area contributed by atoms with Gasteiger partial charge in [0.05, 0.1) is 5.54 Å². The van der Waals surface area contributed by atoms with Crippen LogP contribution in [0.4, 0.5) is 4.39 Å². The van der Waals surface area contributed by atoms with Gasteiger partial charge in [-0.05, 0) is 37.5 Å². The molecule has 1 aromatic carbocycles. The Balaban J connectivity index is 2.97. The Morgan fingerprint density at radius 2 is 2.00 bits per heavy atom. The molecule has 0 aliphatic carbocycles. The van der Waals surface area contributed by atoms with Gasteiger partial charge < -0.3 is 11.1 Å². The Kier molecular flexibility index (Phi) is 4.84. The van der Waals surface area contributed by atoms with Crippen molar-refractivity contribution < 1.29 is 9.18 Å². The monoisotopic (exact) mass is 252 g/mol. The average molecular weight is 252 g/mol. The maximum Gasteiger partial charge on any atom is 0.252 e. The molecule has 0 saturated carbocycles. The maximum atomic E-state index is 13.2. The number of nitrogens with two attached hydrogens (primary N) is 1. The molecule has 0 radical (unpaired) electrons. The Bertz CT molecular complexity index is 420. The van der Waals surface area contributed by atoms with E-state index in [1.807, 2.05) is 13.8 Å². The summed E-state index contributed by atoms with van der Waals surface area (Å²) in [6.45, 7) is 6.13. The molecule has 18 heavy (non-hydrogen) atoms. The van der Waals surface area contributed by atoms with Crippen LogP contribution < -0.4 is 11.1 Å². The number of halogens is 1. The molecule has 1 aromatic rings. The molecule has 1 amide bonds. The molecule has 4 heteroatoms. The fraction of sp³-hybridized carbons (Fsp3) is 0.500. The van der Waals surface area contributed by atoms with Crippen LogP contribution in [0.2, 0.25) is 0 Å². The molecule has 0 unspecified atom stereocenters. The van der Waals surface area contributed by atoms with E-state index in [-0.39, 0.29) is 5.91 Å². The quantitative estimate of drug-likeness (QED) is 0.845. The van der Waals surface area contributed by atoms with Crippen molar-refractivity contribution in [1.29, 1.82) is 0 Å². The summed E-state index contributed by atoms with van der Waals surface area (Å²) in [5.41, 5.74) is 6.45. The summed E-state index contributed by atoms with van der Waals surface area (Å²) in [6.07, 6.45) is 1.50. The van der Waals surface area contributed by atoms with E-state index in [0.717, 1.165) is 18.4 Å². The van der Waals surface area contributed by atoms with Gasteiger partial charge in [-0.3, -0.25) is 4.79 Å². The second kappa shape index (κ2) is 5.96. The van der Waals surface area contributed by atoms with Gasteiger partial charge in [0.25, 0.3) is 5.91 Å². The minimum atomic E-state index is -0.407. The van der Waals surface area contributed by atoms with Gasteiger partial charge in [-0.1, -0.05) is 19.9 Å². The summed E-state index contributed by atoms with van der Waals surface area (Å²) < 4.78 is 13.2. The van der Waals surface area contributed by atoms with E-state index in [1.165, 1.54) is 12.1 Å². The molecule has 0 atom stereocenters. The van der Waals surface area contributed by atoms with E-state index in [2.05, 4.69) is 5.32 Å². The Labute approximate surface area is 108 Å². The minimum absolute atomic E-state index is 0.263. The molecule has 0 aromatic heterocycles. The highest BCUT2D eigenvalue weighted by molar-refractivity contribution is 5.96. The predicted molar refractivity (Wildman–Crippen MR) is 71.0 cm³/mol. The van der Waals surface area contributed by atoms with E-state index in [1.54, 1.807) is 13.0 Å². The Morgan fingerprint density at radius 1 is 1.39 bits per heavy atom. The first-order chi connectivity index (χ1) is 8.48. The van der Waals surface area contributed by atoms with Crippen LogP contribution in [0.25, 0.3) is 0 Å². The van der Waals surface area contributed by atoms with Crippen molar-refractivity contribution in [3.05, 3.63) is 35.1 Å². The number of benzene rings is 1. The van der Waals surface area contributed by atoms with E-state index in [4.69, 9.17) is 5.73 Å². The van der Waals surface area contributed by atoms with E-state index < -0.39 is 11.4 Å². The fourth-order valence-corrected chi connectivity index (χ4v) is 1.91. The van der Waals surface area contributed by atoms with Gasteiger partial charge >= 0.3 is 0 Å². The van der Waals surface area contributed by atoms with Crippen LogP contribution in [-0.4, -0.2) is 18.0 Å². The van der Waals surface area contributed by atoms with Gasteiger partial charge in [0.2, 0.25) is 0 Å². The van der Waals surface area contributed by atoms with Gasteiger partial charge in [-0.2, -0.15) is 0 Å². The number of carbonyl (C=O) groups excluding carboxylic acids is 1.